The molecule has 2 aromatic carbocycles. The maximum atomic E-state index is 9.30. The number of aliphatic hydroxyl groups excluding tert-OH is 1. The first-order valence-electron chi connectivity index (χ1n) is 9.10. The van der Waals surface area contributed by atoms with Crippen LogP contribution in [-0.2, 0) is 19.4 Å². The van der Waals surface area contributed by atoms with Crippen molar-refractivity contribution in [2.45, 2.75) is 25.9 Å². The number of nitrogens with one attached hydrogen (secondary N) is 1. The van der Waals surface area contributed by atoms with Crippen LogP contribution in [0, 0.1) is 0 Å². The van der Waals surface area contributed by atoms with Gasteiger partial charge in [-0.05, 0) is 60.7 Å². The van der Waals surface area contributed by atoms with E-state index in [0.29, 0.717) is 5.82 Å². The fraction of sp³-hybridized carbons (Fsp3) is 0.238. The molecule has 5 rings (SSSR count). The number of fused-ring (bicyclic) bond motifs is 2. The molecule has 0 saturated heterocycles. The van der Waals surface area contributed by atoms with Crippen molar-refractivity contribution >= 4 is 11.0 Å². The van der Waals surface area contributed by atoms with Gasteiger partial charge in [0.05, 0.1) is 23.7 Å². The summed E-state index contributed by atoms with van der Waals surface area (Å²) in [6.07, 6.45) is 7.17. The molecule has 2 N–H and O–H groups in total. The number of methoxy groups -OCH3 is 1. The van der Waals surface area contributed by atoms with Gasteiger partial charge in [-0.2, -0.15) is 0 Å². The lowest BCUT2D eigenvalue weighted by Gasteiger charge is -2.13. The van der Waals surface area contributed by atoms with Gasteiger partial charge in [-0.3, -0.25) is 4.57 Å². The third-order valence-electron chi connectivity index (χ3n) is 5.24. The Bertz CT molecular complexity index is 1140. The minimum absolute atomic E-state index is 0.105. The van der Waals surface area contributed by atoms with E-state index in [4.69, 9.17) is 4.74 Å². The van der Waals surface area contributed by atoms with E-state index in [-0.39, 0.29) is 6.61 Å². The number of aromatic amines is 1. The Kier molecular flexibility index (Phi) is 3.72. The highest BCUT2D eigenvalue weighted by Crippen LogP contribution is 2.36. The molecule has 136 valence electrons. The monoisotopic (exact) mass is 360 g/mol. The second-order valence-electron chi connectivity index (χ2n) is 6.84. The lowest BCUT2D eigenvalue weighted by molar-refractivity contribution is 0.273. The SMILES string of the molecule is COc1cc2c(cc1-c1nccn1-c1ccc3nc(CO)[nH]c3c1)CCC2. The van der Waals surface area contributed by atoms with Gasteiger partial charge in [-0.1, -0.05) is 0 Å². The van der Waals surface area contributed by atoms with E-state index in [9.17, 15) is 5.11 Å². The van der Waals surface area contributed by atoms with Gasteiger partial charge in [0.25, 0.3) is 0 Å². The summed E-state index contributed by atoms with van der Waals surface area (Å²) in [5.74, 6) is 2.27. The van der Waals surface area contributed by atoms with Crippen LogP contribution in [0.2, 0.25) is 0 Å². The lowest BCUT2D eigenvalue weighted by atomic mass is 10.0. The summed E-state index contributed by atoms with van der Waals surface area (Å²) in [6, 6.07) is 10.4. The van der Waals surface area contributed by atoms with Crippen LogP contribution >= 0.6 is 0 Å². The van der Waals surface area contributed by atoms with Crippen molar-refractivity contribution in [1.29, 1.82) is 0 Å². The fourth-order valence-electron chi connectivity index (χ4n) is 3.93. The second-order valence-corrected chi connectivity index (χ2v) is 6.84. The van der Waals surface area contributed by atoms with Gasteiger partial charge in [0.1, 0.15) is 24.0 Å². The minimum atomic E-state index is -0.105. The van der Waals surface area contributed by atoms with Crippen LogP contribution in [0.5, 0.6) is 5.75 Å². The average molecular weight is 360 g/mol. The number of imidazole rings is 2. The van der Waals surface area contributed by atoms with Gasteiger partial charge >= 0.3 is 0 Å². The standard InChI is InChI=1S/C21H20N4O2/c1-27-19-10-14-4-2-3-13(14)9-16(19)21-22-7-8-25(21)15-5-6-17-18(11-15)24-20(12-26)23-17/h5-11,26H,2-4,12H2,1H3,(H,23,24). The number of ether oxygens (including phenoxy) is 1. The number of rotatable bonds is 4. The van der Waals surface area contributed by atoms with E-state index in [1.165, 1.54) is 17.5 Å². The summed E-state index contributed by atoms with van der Waals surface area (Å²) in [5.41, 5.74) is 6.47. The molecule has 6 nitrogen and oxygen atoms in total. The molecule has 0 radical (unpaired) electrons. The third kappa shape index (κ3) is 2.61. The molecule has 0 fully saturated rings. The van der Waals surface area contributed by atoms with Gasteiger partial charge in [0.15, 0.2) is 0 Å². The van der Waals surface area contributed by atoms with E-state index in [1.54, 1.807) is 13.3 Å². The first kappa shape index (κ1) is 16.1. The van der Waals surface area contributed by atoms with Crippen molar-refractivity contribution in [1.82, 2.24) is 19.5 Å². The van der Waals surface area contributed by atoms with E-state index in [2.05, 4.69) is 31.7 Å². The van der Waals surface area contributed by atoms with Crippen LogP contribution in [0.3, 0.4) is 0 Å². The zero-order chi connectivity index (χ0) is 18.4. The Morgan fingerprint density at radius 2 is 2.04 bits per heavy atom. The maximum absolute atomic E-state index is 9.30. The topological polar surface area (TPSA) is 76.0 Å². The number of aliphatic hydroxyl groups is 1. The molecular formula is C21H20N4O2. The summed E-state index contributed by atoms with van der Waals surface area (Å²) in [6.45, 7) is -0.105. The predicted molar refractivity (Wildman–Crippen MR) is 103 cm³/mol. The number of hydrogen-bond donors (Lipinski definition) is 2. The zero-order valence-corrected chi connectivity index (χ0v) is 15.1. The molecule has 27 heavy (non-hydrogen) atoms. The molecule has 4 aromatic rings. The largest absolute Gasteiger partial charge is 0.496 e. The highest BCUT2D eigenvalue weighted by atomic mass is 16.5. The van der Waals surface area contributed by atoms with Crippen molar-refractivity contribution in [3.05, 3.63) is 59.7 Å². The number of aromatic nitrogens is 4. The van der Waals surface area contributed by atoms with E-state index >= 15 is 0 Å². The van der Waals surface area contributed by atoms with Crippen molar-refractivity contribution in [2.75, 3.05) is 7.11 Å². The minimum Gasteiger partial charge on any atom is -0.496 e. The summed E-state index contributed by atoms with van der Waals surface area (Å²) in [4.78, 5) is 12.1. The van der Waals surface area contributed by atoms with Gasteiger partial charge in [0, 0.05) is 18.1 Å². The van der Waals surface area contributed by atoms with Gasteiger partial charge in [-0.15, -0.1) is 0 Å². The van der Waals surface area contributed by atoms with Gasteiger partial charge in [-0.25, -0.2) is 9.97 Å². The molecule has 2 aromatic heterocycles. The number of hydrogen-bond acceptors (Lipinski definition) is 4. The van der Waals surface area contributed by atoms with Gasteiger partial charge < -0.3 is 14.8 Å². The molecule has 0 aliphatic heterocycles. The van der Waals surface area contributed by atoms with E-state index in [1.807, 2.05) is 24.4 Å². The van der Waals surface area contributed by atoms with Crippen LogP contribution in [0.4, 0.5) is 0 Å². The second kappa shape index (κ2) is 6.25. The summed E-state index contributed by atoms with van der Waals surface area (Å²) >= 11 is 0. The Morgan fingerprint density at radius 3 is 2.85 bits per heavy atom. The first-order valence-corrected chi connectivity index (χ1v) is 9.10. The van der Waals surface area contributed by atoms with E-state index < -0.39 is 0 Å². The lowest BCUT2D eigenvalue weighted by Crippen LogP contribution is -1.99. The number of aryl methyl sites for hydroxylation is 2. The number of H-pyrrole nitrogens is 1. The quantitative estimate of drug-likeness (QED) is 0.585. The third-order valence-corrected chi connectivity index (χ3v) is 5.24. The van der Waals surface area contributed by atoms with Crippen molar-refractivity contribution in [2.24, 2.45) is 0 Å². The molecule has 0 saturated carbocycles. The summed E-state index contributed by atoms with van der Waals surface area (Å²) in [7, 11) is 1.71. The first-order chi connectivity index (χ1) is 13.3. The van der Waals surface area contributed by atoms with Crippen LogP contribution in [-0.4, -0.2) is 31.7 Å². The number of benzene rings is 2. The summed E-state index contributed by atoms with van der Waals surface area (Å²) < 4.78 is 7.73. The Morgan fingerprint density at radius 1 is 1.19 bits per heavy atom. The predicted octanol–water partition coefficient (Wildman–Crippen LogP) is 3.41. The molecular weight excluding hydrogens is 340 g/mol. The highest BCUT2D eigenvalue weighted by Gasteiger charge is 2.19. The van der Waals surface area contributed by atoms with Crippen LogP contribution in [0.15, 0.2) is 42.7 Å². The Hall–Kier alpha value is -3.12. The molecule has 0 bridgehead atoms. The molecule has 0 amide bonds. The Balaban J connectivity index is 1.65. The molecule has 0 unspecified atom stereocenters. The number of nitrogens with zero attached hydrogens (tertiary/aromatic N) is 3. The maximum Gasteiger partial charge on any atom is 0.148 e. The van der Waals surface area contributed by atoms with Crippen molar-refractivity contribution < 1.29 is 9.84 Å². The average Bonchev–Trinajstić information content (AvgIpc) is 3.43. The smallest absolute Gasteiger partial charge is 0.148 e. The van der Waals surface area contributed by atoms with Crippen LogP contribution < -0.4 is 4.74 Å². The zero-order valence-electron chi connectivity index (χ0n) is 15.1. The van der Waals surface area contributed by atoms with Crippen LogP contribution in [0.1, 0.15) is 23.4 Å². The molecule has 2 heterocycles. The van der Waals surface area contributed by atoms with Crippen LogP contribution in [0.25, 0.3) is 28.1 Å². The molecule has 0 spiro atoms. The normalized spacial score (nSPS) is 13.3. The molecule has 6 heteroatoms. The van der Waals surface area contributed by atoms with Gasteiger partial charge in [0.2, 0.25) is 0 Å². The van der Waals surface area contributed by atoms with Crippen molar-refractivity contribution in [3.8, 4) is 22.8 Å². The fourth-order valence-corrected chi connectivity index (χ4v) is 3.93. The van der Waals surface area contributed by atoms with E-state index in [0.717, 1.165) is 46.7 Å². The summed E-state index contributed by atoms with van der Waals surface area (Å²) in [5, 5.41) is 9.30. The van der Waals surface area contributed by atoms with Crippen molar-refractivity contribution in [3.63, 3.8) is 0 Å². The Labute approximate surface area is 156 Å². The molecule has 0 atom stereocenters. The molecule has 1 aliphatic carbocycles. The molecule has 1 aliphatic rings. The highest BCUT2D eigenvalue weighted by molar-refractivity contribution is 5.78.